The van der Waals surface area contributed by atoms with Crippen LogP contribution >= 0.6 is 0 Å². The molecule has 18 heavy (non-hydrogen) atoms. The van der Waals surface area contributed by atoms with Gasteiger partial charge in [0.1, 0.15) is 12.4 Å². The van der Waals surface area contributed by atoms with Gasteiger partial charge in [-0.2, -0.15) is 0 Å². The molecule has 0 atom stereocenters. The summed E-state index contributed by atoms with van der Waals surface area (Å²) in [6.45, 7) is 4.30. The van der Waals surface area contributed by atoms with Crippen LogP contribution in [0.25, 0.3) is 0 Å². The first-order chi connectivity index (χ1) is 8.40. The quantitative estimate of drug-likeness (QED) is 0.784. The molecule has 0 aromatic heterocycles. The maximum absolute atomic E-state index is 11.0. The van der Waals surface area contributed by atoms with Gasteiger partial charge >= 0.3 is 5.97 Å². The van der Waals surface area contributed by atoms with Crippen LogP contribution in [0.3, 0.4) is 0 Å². The number of rotatable bonds is 6. The summed E-state index contributed by atoms with van der Waals surface area (Å²) in [5, 5.41) is 0. The zero-order valence-electron chi connectivity index (χ0n) is 11.2. The second kappa shape index (κ2) is 6.40. The summed E-state index contributed by atoms with van der Waals surface area (Å²) in [6, 6.07) is 7.67. The Kier molecular flexibility index (Phi) is 5.16. The van der Waals surface area contributed by atoms with Crippen molar-refractivity contribution >= 4 is 5.97 Å². The molecule has 0 amide bonds. The Labute approximate surface area is 108 Å². The fourth-order valence-corrected chi connectivity index (χ4v) is 1.37. The standard InChI is InChI=1S/C14H21NO3/c1-14(2,15)10-18-12-7-4-11(5-8-12)6-9-13(16)17-3/h4-5,7-8H,6,9-10,15H2,1-3H3. The van der Waals surface area contributed by atoms with Crippen LogP contribution in [0.4, 0.5) is 0 Å². The number of benzene rings is 1. The van der Waals surface area contributed by atoms with E-state index in [1.165, 1.54) is 7.11 Å². The van der Waals surface area contributed by atoms with E-state index in [-0.39, 0.29) is 11.5 Å². The molecule has 100 valence electrons. The van der Waals surface area contributed by atoms with E-state index in [4.69, 9.17) is 10.5 Å². The Morgan fingerprint density at radius 3 is 2.39 bits per heavy atom. The molecule has 0 radical (unpaired) electrons. The van der Waals surface area contributed by atoms with Crippen molar-refractivity contribution in [3.05, 3.63) is 29.8 Å². The zero-order valence-corrected chi connectivity index (χ0v) is 11.2. The van der Waals surface area contributed by atoms with E-state index in [1.54, 1.807) is 0 Å². The van der Waals surface area contributed by atoms with Crippen molar-refractivity contribution < 1.29 is 14.3 Å². The lowest BCUT2D eigenvalue weighted by Crippen LogP contribution is -2.38. The third kappa shape index (κ3) is 5.68. The van der Waals surface area contributed by atoms with Crippen LogP contribution < -0.4 is 10.5 Å². The first kappa shape index (κ1) is 14.5. The molecule has 0 aliphatic carbocycles. The number of methoxy groups -OCH3 is 1. The van der Waals surface area contributed by atoms with Crippen molar-refractivity contribution in [2.45, 2.75) is 32.2 Å². The lowest BCUT2D eigenvalue weighted by Gasteiger charge is -2.19. The first-order valence-corrected chi connectivity index (χ1v) is 5.98. The summed E-state index contributed by atoms with van der Waals surface area (Å²) < 4.78 is 10.1. The summed E-state index contributed by atoms with van der Waals surface area (Å²) >= 11 is 0. The molecule has 0 aliphatic rings. The van der Waals surface area contributed by atoms with E-state index in [0.717, 1.165) is 11.3 Å². The highest BCUT2D eigenvalue weighted by Gasteiger charge is 2.11. The van der Waals surface area contributed by atoms with Gasteiger partial charge in [-0.3, -0.25) is 4.79 Å². The molecule has 0 fully saturated rings. The van der Waals surface area contributed by atoms with Crippen molar-refractivity contribution in [2.75, 3.05) is 13.7 Å². The molecule has 1 aromatic carbocycles. The van der Waals surface area contributed by atoms with E-state index < -0.39 is 0 Å². The molecule has 0 unspecified atom stereocenters. The SMILES string of the molecule is COC(=O)CCc1ccc(OCC(C)(C)N)cc1. The number of nitrogens with two attached hydrogens (primary N) is 1. The van der Waals surface area contributed by atoms with Crippen LogP contribution in [0.1, 0.15) is 25.8 Å². The molecule has 0 spiro atoms. The van der Waals surface area contributed by atoms with Crippen molar-refractivity contribution in [1.29, 1.82) is 0 Å². The minimum absolute atomic E-state index is 0.194. The molecule has 0 saturated carbocycles. The Morgan fingerprint density at radius 2 is 1.89 bits per heavy atom. The number of carbonyl (C=O) groups is 1. The van der Waals surface area contributed by atoms with Gasteiger partial charge in [0.15, 0.2) is 0 Å². The molecular weight excluding hydrogens is 230 g/mol. The molecule has 0 aliphatic heterocycles. The molecule has 2 N–H and O–H groups in total. The summed E-state index contributed by atoms with van der Waals surface area (Å²) in [5.41, 5.74) is 6.57. The highest BCUT2D eigenvalue weighted by Crippen LogP contribution is 2.14. The number of ether oxygens (including phenoxy) is 2. The first-order valence-electron chi connectivity index (χ1n) is 5.98. The minimum Gasteiger partial charge on any atom is -0.492 e. The Balaban J connectivity index is 2.45. The third-order valence-corrected chi connectivity index (χ3v) is 2.38. The molecule has 1 aromatic rings. The average molecular weight is 251 g/mol. The number of carbonyl (C=O) groups excluding carboxylic acids is 1. The third-order valence-electron chi connectivity index (χ3n) is 2.38. The van der Waals surface area contributed by atoms with Crippen molar-refractivity contribution in [2.24, 2.45) is 5.73 Å². The Hall–Kier alpha value is -1.55. The second-order valence-electron chi connectivity index (χ2n) is 5.00. The van der Waals surface area contributed by atoms with Crippen LogP contribution in [0.15, 0.2) is 24.3 Å². The van der Waals surface area contributed by atoms with E-state index in [0.29, 0.717) is 19.4 Å². The Morgan fingerprint density at radius 1 is 1.28 bits per heavy atom. The molecule has 1 rings (SSSR count). The second-order valence-corrected chi connectivity index (χ2v) is 5.00. The Bertz CT molecular complexity index is 379. The van der Waals surface area contributed by atoms with Gasteiger partial charge in [0.2, 0.25) is 0 Å². The number of aryl methyl sites for hydroxylation is 1. The molecular formula is C14H21NO3. The largest absolute Gasteiger partial charge is 0.492 e. The normalized spacial score (nSPS) is 11.1. The molecule has 0 bridgehead atoms. The van der Waals surface area contributed by atoms with Gasteiger partial charge in [-0.05, 0) is 38.0 Å². The topological polar surface area (TPSA) is 61.5 Å². The van der Waals surface area contributed by atoms with Gasteiger partial charge < -0.3 is 15.2 Å². The predicted molar refractivity (Wildman–Crippen MR) is 70.5 cm³/mol. The summed E-state index contributed by atoms with van der Waals surface area (Å²) in [6.07, 6.45) is 1.07. The van der Waals surface area contributed by atoms with Crippen molar-refractivity contribution in [3.63, 3.8) is 0 Å². The van der Waals surface area contributed by atoms with Crippen LogP contribution in [-0.4, -0.2) is 25.2 Å². The van der Waals surface area contributed by atoms with E-state index in [2.05, 4.69) is 4.74 Å². The monoisotopic (exact) mass is 251 g/mol. The number of hydrogen-bond donors (Lipinski definition) is 1. The number of hydrogen-bond acceptors (Lipinski definition) is 4. The van der Waals surface area contributed by atoms with Gasteiger partial charge in [-0.1, -0.05) is 12.1 Å². The highest BCUT2D eigenvalue weighted by molar-refractivity contribution is 5.69. The van der Waals surface area contributed by atoms with E-state index in [1.807, 2.05) is 38.1 Å². The van der Waals surface area contributed by atoms with Crippen LogP contribution in [0.5, 0.6) is 5.75 Å². The average Bonchev–Trinajstić information content (AvgIpc) is 2.33. The minimum atomic E-state index is -0.344. The maximum atomic E-state index is 11.0. The molecule has 4 heteroatoms. The fraction of sp³-hybridized carbons (Fsp3) is 0.500. The lowest BCUT2D eigenvalue weighted by atomic mass is 10.1. The van der Waals surface area contributed by atoms with Gasteiger partial charge in [0, 0.05) is 12.0 Å². The smallest absolute Gasteiger partial charge is 0.305 e. The van der Waals surface area contributed by atoms with E-state index in [9.17, 15) is 4.79 Å². The number of esters is 1. The summed E-state index contributed by atoms with van der Waals surface area (Å²) in [5.74, 6) is 0.593. The lowest BCUT2D eigenvalue weighted by molar-refractivity contribution is -0.140. The van der Waals surface area contributed by atoms with Crippen molar-refractivity contribution in [1.82, 2.24) is 0 Å². The van der Waals surface area contributed by atoms with Gasteiger partial charge in [0.25, 0.3) is 0 Å². The zero-order chi connectivity index (χ0) is 13.6. The van der Waals surface area contributed by atoms with E-state index >= 15 is 0 Å². The summed E-state index contributed by atoms with van der Waals surface area (Å²) in [4.78, 5) is 11.0. The van der Waals surface area contributed by atoms with Crippen LogP contribution in [0.2, 0.25) is 0 Å². The molecule has 4 nitrogen and oxygen atoms in total. The molecule has 0 heterocycles. The van der Waals surface area contributed by atoms with Gasteiger partial charge in [-0.15, -0.1) is 0 Å². The fourth-order valence-electron chi connectivity index (χ4n) is 1.37. The van der Waals surface area contributed by atoms with Crippen LogP contribution in [0, 0.1) is 0 Å². The van der Waals surface area contributed by atoms with Crippen molar-refractivity contribution in [3.8, 4) is 5.75 Å². The molecule has 0 saturated heterocycles. The summed E-state index contributed by atoms with van der Waals surface area (Å²) in [7, 11) is 1.40. The maximum Gasteiger partial charge on any atom is 0.305 e. The highest BCUT2D eigenvalue weighted by atomic mass is 16.5. The predicted octanol–water partition coefficient (Wildman–Crippen LogP) is 1.91. The van der Waals surface area contributed by atoms with Crippen LogP contribution in [-0.2, 0) is 16.0 Å². The van der Waals surface area contributed by atoms with Gasteiger partial charge in [-0.25, -0.2) is 0 Å². The van der Waals surface area contributed by atoms with Gasteiger partial charge in [0.05, 0.1) is 7.11 Å².